The van der Waals surface area contributed by atoms with Crippen LogP contribution in [0.4, 0.5) is 0 Å². The van der Waals surface area contributed by atoms with Crippen LogP contribution in [-0.2, 0) is 17.4 Å². The Labute approximate surface area is 201 Å². The fourth-order valence-electron chi connectivity index (χ4n) is 4.75. The Balaban J connectivity index is 1.14. The van der Waals surface area contributed by atoms with Gasteiger partial charge in [0.15, 0.2) is 11.5 Å². The third-order valence-corrected chi connectivity index (χ3v) is 6.66. The molecular weight excluding hydrogens is 430 g/mol. The van der Waals surface area contributed by atoms with E-state index in [1.807, 2.05) is 36.1 Å². The van der Waals surface area contributed by atoms with E-state index in [-0.39, 0.29) is 6.79 Å². The summed E-state index contributed by atoms with van der Waals surface area (Å²) in [4.78, 5) is 2.28. The van der Waals surface area contributed by atoms with Crippen molar-refractivity contribution in [3.8, 4) is 17.2 Å². The summed E-state index contributed by atoms with van der Waals surface area (Å²) in [6, 6.07) is 18.4. The summed E-state index contributed by atoms with van der Waals surface area (Å²) >= 11 is 0. The minimum Gasteiger partial charge on any atom is -0.492 e. The first-order valence-electron chi connectivity index (χ1n) is 12.1. The number of hydrogen-bond donors (Lipinski definition) is 0. The van der Waals surface area contributed by atoms with E-state index in [1.54, 1.807) is 0 Å². The first-order valence-corrected chi connectivity index (χ1v) is 12.1. The van der Waals surface area contributed by atoms with Gasteiger partial charge >= 0.3 is 0 Å². The van der Waals surface area contributed by atoms with E-state index in [2.05, 4.69) is 53.4 Å². The van der Waals surface area contributed by atoms with Crippen LogP contribution in [0.1, 0.15) is 30.5 Å². The van der Waals surface area contributed by atoms with Gasteiger partial charge in [-0.3, -0.25) is 4.68 Å². The summed E-state index contributed by atoms with van der Waals surface area (Å²) in [5.74, 6) is 2.80. The van der Waals surface area contributed by atoms with Crippen LogP contribution in [-0.4, -0.2) is 54.8 Å². The van der Waals surface area contributed by atoms with Gasteiger partial charge in [-0.1, -0.05) is 30.3 Å². The van der Waals surface area contributed by atoms with Crippen molar-refractivity contribution in [2.75, 3.05) is 40.1 Å². The Hall–Kier alpha value is -3.03. The van der Waals surface area contributed by atoms with Gasteiger partial charge in [0, 0.05) is 39.0 Å². The molecule has 7 heteroatoms. The Bertz CT molecular complexity index is 1080. The second-order valence-electron chi connectivity index (χ2n) is 9.08. The largest absolute Gasteiger partial charge is 0.492 e. The van der Waals surface area contributed by atoms with Crippen LogP contribution >= 0.6 is 0 Å². The van der Waals surface area contributed by atoms with E-state index in [9.17, 15) is 0 Å². The molecule has 7 nitrogen and oxygen atoms in total. The van der Waals surface area contributed by atoms with Gasteiger partial charge in [-0.2, -0.15) is 5.10 Å². The van der Waals surface area contributed by atoms with Gasteiger partial charge in [0.25, 0.3) is 0 Å². The highest BCUT2D eigenvalue weighted by atomic mass is 16.7. The summed E-state index contributed by atoms with van der Waals surface area (Å²) in [7, 11) is 4.13. The molecule has 1 unspecified atom stereocenters. The summed E-state index contributed by atoms with van der Waals surface area (Å²) in [6.07, 6.45) is 5.17. The zero-order chi connectivity index (χ0) is 23.4. The summed E-state index contributed by atoms with van der Waals surface area (Å²) in [5.41, 5.74) is 1.91. The van der Waals surface area contributed by atoms with Crippen LogP contribution in [0.5, 0.6) is 17.2 Å². The van der Waals surface area contributed by atoms with Gasteiger partial charge < -0.3 is 23.8 Å². The zero-order valence-corrected chi connectivity index (χ0v) is 20.0. The van der Waals surface area contributed by atoms with Gasteiger partial charge in [-0.25, -0.2) is 0 Å². The summed E-state index contributed by atoms with van der Waals surface area (Å²) < 4.78 is 25.4. The van der Waals surface area contributed by atoms with Crippen LogP contribution in [0.3, 0.4) is 0 Å². The lowest BCUT2D eigenvalue weighted by atomic mass is 9.85. The molecule has 1 aliphatic heterocycles. The topological polar surface area (TPSA) is 58.0 Å². The van der Waals surface area contributed by atoms with Crippen molar-refractivity contribution < 1.29 is 18.9 Å². The van der Waals surface area contributed by atoms with Crippen molar-refractivity contribution in [2.45, 2.75) is 24.9 Å². The van der Waals surface area contributed by atoms with E-state index in [4.69, 9.17) is 18.9 Å². The molecule has 1 aliphatic carbocycles. The molecule has 1 saturated carbocycles. The molecule has 0 N–H and O–H groups in total. The highest BCUT2D eigenvalue weighted by Crippen LogP contribution is 2.52. The minimum atomic E-state index is -0.437. The maximum atomic E-state index is 6.79. The van der Waals surface area contributed by atoms with Crippen molar-refractivity contribution in [3.05, 3.63) is 72.1 Å². The lowest BCUT2D eigenvalue weighted by Crippen LogP contribution is -2.37. The molecule has 0 bridgehead atoms. The van der Waals surface area contributed by atoms with Crippen LogP contribution in [0.2, 0.25) is 0 Å². The molecule has 1 fully saturated rings. The fourth-order valence-corrected chi connectivity index (χ4v) is 4.75. The molecule has 0 spiro atoms. The van der Waals surface area contributed by atoms with Crippen molar-refractivity contribution in [2.24, 2.45) is 13.0 Å². The standard InChI is InChI=1S/C27H33N3O4/c1-29(16-18-31-23-11-12-24-25(19-23)33-20-32-24)15-6-17-34-27(22-9-10-22,21-7-4-3-5-8-21)26-13-14-28-30(26)2/h3-5,7-8,11-14,19,22H,6,9-10,15-18,20H2,1-2H3. The van der Waals surface area contributed by atoms with Crippen LogP contribution in [0.25, 0.3) is 0 Å². The second-order valence-corrected chi connectivity index (χ2v) is 9.08. The molecule has 180 valence electrons. The van der Waals surface area contributed by atoms with Crippen molar-refractivity contribution in [1.29, 1.82) is 0 Å². The average molecular weight is 464 g/mol. The lowest BCUT2D eigenvalue weighted by molar-refractivity contribution is -0.0440. The number of likely N-dealkylation sites (N-methyl/N-ethyl adjacent to an activating group) is 1. The van der Waals surface area contributed by atoms with Crippen LogP contribution in [0, 0.1) is 5.92 Å². The SMILES string of the molecule is CN(CCCOC(c1ccccc1)(c1ccnn1C)C1CC1)CCOc1ccc2c(c1)OCO2. The smallest absolute Gasteiger partial charge is 0.231 e. The lowest BCUT2D eigenvalue weighted by Gasteiger charge is -2.35. The predicted octanol–water partition coefficient (Wildman–Crippen LogP) is 4.22. The van der Waals surface area contributed by atoms with E-state index in [0.717, 1.165) is 42.5 Å². The quantitative estimate of drug-likeness (QED) is 0.375. The normalized spacial score (nSPS) is 16.6. The Morgan fingerprint density at radius 1 is 1.03 bits per heavy atom. The average Bonchev–Trinajstić information content (AvgIpc) is 3.45. The Morgan fingerprint density at radius 2 is 1.85 bits per heavy atom. The van der Waals surface area contributed by atoms with Crippen LogP contribution < -0.4 is 14.2 Å². The molecule has 0 amide bonds. The number of aromatic nitrogens is 2. The monoisotopic (exact) mass is 463 g/mol. The number of benzene rings is 2. The highest BCUT2D eigenvalue weighted by molar-refractivity contribution is 5.46. The van der Waals surface area contributed by atoms with E-state index < -0.39 is 5.60 Å². The Kier molecular flexibility index (Phi) is 6.74. The molecule has 1 aromatic heterocycles. The number of nitrogens with zero attached hydrogens (tertiary/aromatic N) is 3. The van der Waals surface area contributed by atoms with Gasteiger partial charge in [0.2, 0.25) is 6.79 Å². The molecule has 1 atom stereocenters. The van der Waals surface area contributed by atoms with Gasteiger partial charge in [0.1, 0.15) is 18.0 Å². The molecule has 0 radical (unpaired) electrons. The number of hydrogen-bond acceptors (Lipinski definition) is 6. The van der Waals surface area contributed by atoms with Crippen molar-refractivity contribution in [1.82, 2.24) is 14.7 Å². The first-order chi connectivity index (χ1) is 16.7. The van der Waals surface area contributed by atoms with E-state index in [0.29, 0.717) is 19.1 Å². The number of aryl methyl sites for hydroxylation is 1. The van der Waals surface area contributed by atoms with Crippen LogP contribution in [0.15, 0.2) is 60.8 Å². The minimum absolute atomic E-state index is 0.274. The summed E-state index contributed by atoms with van der Waals surface area (Å²) in [5, 5.41) is 4.45. The molecule has 2 aliphatic rings. The summed E-state index contributed by atoms with van der Waals surface area (Å²) in [6.45, 7) is 3.34. The van der Waals surface area contributed by atoms with Gasteiger partial charge in [-0.05, 0) is 56.0 Å². The van der Waals surface area contributed by atoms with E-state index >= 15 is 0 Å². The first kappa shape index (κ1) is 22.7. The molecule has 3 aromatic rings. The Morgan fingerprint density at radius 3 is 2.62 bits per heavy atom. The zero-order valence-electron chi connectivity index (χ0n) is 20.0. The molecular formula is C27H33N3O4. The maximum absolute atomic E-state index is 6.79. The third-order valence-electron chi connectivity index (χ3n) is 6.66. The predicted molar refractivity (Wildman–Crippen MR) is 129 cm³/mol. The van der Waals surface area contributed by atoms with Gasteiger partial charge in [0.05, 0.1) is 5.69 Å². The second kappa shape index (κ2) is 10.1. The molecule has 0 saturated heterocycles. The molecule has 2 aromatic carbocycles. The number of fused-ring (bicyclic) bond motifs is 1. The van der Waals surface area contributed by atoms with Crippen molar-refractivity contribution >= 4 is 0 Å². The van der Waals surface area contributed by atoms with Gasteiger partial charge in [-0.15, -0.1) is 0 Å². The number of rotatable bonds is 12. The van der Waals surface area contributed by atoms with E-state index in [1.165, 1.54) is 18.4 Å². The number of ether oxygens (including phenoxy) is 4. The molecule has 2 heterocycles. The highest BCUT2D eigenvalue weighted by Gasteiger charge is 2.50. The van der Waals surface area contributed by atoms with Crippen molar-refractivity contribution in [3.63, 3.8) is 0 Å². The molecule has 34 heavy (non-hydrogen) atoms. The fraction of sp³-hybridized carbons (Fsp3) is 0.444. The third kappa shape index (κ3) is 4.76. The maximum Gasteiger partial charge on any atom is 0.231 e. The molecule has 5 rings (SSSR count).